The minimum absolute atomic E-state index is 0.00583. The van der Waals surface area contributed by atoms with E-state index in [2.05, 4.69) is 10.6 Å². The molecule has 1 atom stereocenters. The highest BCUT2D eigenvalue weighted by atomic mass is 19.1. The molecule has 8 heteroatoms. The molecule has 0 radical (unpaired) electrons. The maximum atomic E-state index is 14.4. The molecule has 0 bridgehead atoms. The first-order chi connectivity index (χ1) is 13.9. The minimum atomic E-state index is -0.727. The molecule has 0 saturated carbocycles. The number of benzene rings is 2. The molecule has 0 aliphatic heterocycles. The van der Waals surface area contributed by atoms with E-state index < -0.39 is 17.8 Å². The third-order valence-corrected chi connectivity index (χ3v) is 4.02. The number of ether oxygens (including phenoxy) is 2. The number of hydrogen-bond acceptors (Lipinski definition) is 5. The standard InChI is InChI=1S/C21H26FN4O3/c1-13(24)11-17(25-2)16-12-14(7-8-18(16)29-10-9-23)26-21(27)15-5-4-6-19(28-3)20(15)22/h4-8,11-13,24-25H,9-10,23H2,1-3H3,(H,26,27)/q-1/b17-11-. The van der Waals surface area contributed by atoms with Crippen LogP contribution in [0.3, 0.4) is 0 Å². The molecule has 156 valence electrons. The normalized spacial score (nSPS) is 12.3. The molecule has 0 spiro atoms. The van der Waals surface area contributed by atoms with Gasteiger partial charge in [0.1, 0.15) is 12.4 Å². The van der Waals surface area contributed by atoms with E-state index in [9.17, 15) is 9.18 Å². The Hall–Kier alpha value is -3.10. The van der Waals surface area contributed by atoms with Gasteiger partial charge in [0, 0.05) is 30.5 Å². The Morgan fingerprint density at radius 1 is 1.28 bits per heavy atom. The second-order valence-electron chi connectivity index (χ2n) is 6.24. The number of anilines is 1. The number of rotatable bonds is 9. The van der Waals surface area contributed by atoms with Crippen molar-refractivity contribution in [3.63, 3.8) is 0 Å². The molecule has 0 fully saturated rings. The zero-order valence-corrected chi connectivity index (χ0v) is 16.7. The van der Waals surface area contributed by atoms with Gasteiger partial charge >= 0.3 is 0 Å². The molecule has 0 heterocycles. The Labute approximate surface area is 169 Å². The van der Waals surface area contributed by atoms with Crippen LogP contribution in [0.25, 0.3) is 11.4 Å². The summed E-state index contributed by atoms with van der Waals surface area (Å²) in [6.45, 7) is 2.40. The van der Waals surface area contributed by atoms with Gasteiger partial charge in [-0.1, -0.05) is 19.1 Å². The van der Waals surface area contributed by atoms with Crippen LogP contribution in [0.15, 0.2) is 42.5 Å². The van der Waals surface area contributed by atoms with E-state index >= 15 is 0 Å². The zero-order chi connectivity index (χ0) is 21.4. The predicted octanol–water partition coefficient (Wildman–Crippen LogP) is 3.43. The van der Waals surface area contributed by atoms with Crippen molar-refractivity contribution < 1.29 is 18.7 Å². The molecule has 7 nitrogen and oxygen atoms in total. The van der Waals surface area contributed by atoms with Crippen molar-refractivity contribution >= 4 is 17.3 Å². The average Bonchev–Trinajstić information content (AvgIpc) is 2.71. The van der Waals surface area contributed by atoms with Crippen molar-refractivity contribution in [1.82, 2.24) is 5.32 Å². The van der Waals surface area contributed by atoms with E-state index in [-0.39, 0.29) is 11.3 Å². The van der Waals surface area contributed by atoms with Gasteiger partial charge in [-0.3, -0.25) is 4.79 Å². The summed E-state index contributed by atoms with van der Waals surface area (Å²) in [6.07, 6.45) is 1.72. The van der Waals surface area contributed by atoms with Crippen LogP contribution in [-0.2, 0) is 0 Å². The van der Waals surface area contributed by atoms with Gasteiger partial charge in [-0.2, -0.15) is 0 Å². The second-order valence-corrected chi connectivity index (χ2v) is 6.24. The summed E-state index contributed by atoms with van der Waals surface area (Å²) >= 11 is 0. The smallest absolute Gasteiger partial charge is 0.258 e. The summed E-state index contributed by atoms with van der Waals surface area (Å²) in [4.78, 5) is 12.6. The third kappa shape index (κ3) is 5.69. The summed E-state index contributed by atoms with van der Waals surface area (Å²) in [7, 11) is 3.07. The number of methoxy groups -OCH3 is 1. The molecule has 0 aliphatic rings. The predicted molar refractivity (Wildman–Crippen MR) is 113 cm³/mol. The van der Waals surface area contributed by atoms with Gasteiger partial charge in [-0.15, -0.1) is 6.04 Å². The lowest BCUT2D eigenvalue weighted by molar-refractivity contribution is 0.102. The lowest BCUT2D eigenvalue weighted by Crippen LogP contribution is -2.16. The van der Waals surface area contributed by atoms with E-state index in [0.29, 0.717) is 35.8 Å². The van der Waals surface area contributed by atoms with Crippen molar-refractivity contribution in [2.75, 3.05) is 32.6 Å². The number of nitrogens with one attached hydrogen (secondary N) is 3. The minimum Gasteiger partial charge on any atom is -0.672 e. The molecule has 29 heavy (non-hydrogen) atoms. The number of nitrogens with two attached hydrogens (primary N) is 1. The van der Waals surface area contributed by atoms with Gasteiger partial charge in [-0.25, -0.2) is 4.39 Å². The first-order valence-corrected chi connectivity index (χ1v) is 9.13. The number of hydrogen-bond donors (Lipinski definition) is 3. The summed E-state index contributed by atoms with van der Waals surface area (Å²) < 4.78 is 25.0. The van der Waals surface area contributed by atoms with Crippen molar-refractivity contribution in [3.05, 3.63) is 65.2 Å². The maximum absolute atomic E-state index is 14.4. The van der Waals surface area contributed by atoms with Crippen molar-refractivity contribution in [1.29, 1.82) is 0 Å². The van der Waals surface area contributed by atoms with Gasteiger partial charge in [0.05, 0.1) is 12.7 Å². The summed E-state index contributed by atoms with van der Waals surface area (Å²) in [6, 6.07) is 8.97. The van der Waals surface area contributed by atoms with E-state index in [1.807, 2.05) is 0 Å². The fraction of sp³-hybridized carbons (Fsp3) is 0.286. The SMILES string of the molecule is CN/C(=C\C(C)[NH-])c1cc(NC(=O)c2cccc(OC)c2F)ccc1OCCN. The van der Waals surface area contributed by atoms with Crippen molar-refractivity contribution in [3.8, 4) is 11.5 Å². The van der Waals surface area contributed by atoms with Crippen LogP contribution in [-0.4, -0.2) is 39.3 Å². The molecule has 5 N–H and O–H groups in total. The Bertz CT molecular complexity index is 884. The fourth-order valence-electron chi connectivity index (χ4n) is 2.71. The highest BCUT2D eigenvalue weighted by Crippen LogP contribution is 2.29. The molecular formula is C21H26FN4O3-. The number of halogens is 1. The zero-order valence-electron chi connectivity index (χ0n) is 16.7. The van der Waals surface area contributed by atoms with E-state index in [4.69, 9.17) is 20.9 Å². The molecule has 1 amide bonds. The maximum Gasteiger partial charge on any atom is 0.258 e. The monoisotopic (exact) mass is 401 g/mol. The largest absolute Gasteiger partial charge is 0.672 e. The quantitative estimate of drug-likeness (QED) is 0.596. The van der Waals surface area contributed by atoms with Crippen LogP contribution >= 0.6 is 0 Å². The van der Waals surface area contributed by atoms with Crippen LogP contribution < -0.4 is 25.8 Å². The Kier molecular flexibility index (Phi) is 7.99. The molecule has 2 aromatic rings. The van der Waals surface area contributed by atoms with E-state index in [1.54, 1.807) is 44.3 Å². The molecule has 0 aliphatic carbocycles. The van der Waals surface area contributed by atoms with Gasteiger partial charge in [-0.05, 0) is 30.3 Å². The van der Waals surface area contributed by atoms with Gasteiger partial charge in [0.15, 0.2) is 11.6 Å². The van der Waals surface area contributed by atoms with Crippen LogP contribution in [0.5, 0.6) is 11.5 Å². The summed E-state index contributed by atoms with van der Waals surface area (Å²) in [5.41, 5.74) is 15.0. The van der Waals surface area contributed by atoms with E-state index in [0.717, 1.165) is 0 Å². The average molecular weight is 401 g/mol. The van der Waals surface area contributed by atoms with Crippen LogP contribution in [0, 0.1) is 5.82 Å². The molecule has 2 aromatic carbocycles. The highest BCUT2D eigenvalue weighted by Gasteiger charge is 2.17. The molecule has 0 aromatic heterocycles. The highest BCUT2D eigenvalue weighted by molar-refractivity contribution is 6.05. The van der Waals surface area contributed by atoms with Gasteiger partial charge < -0.3 is 31.6 Å². The first kappa shape index (κ1) is 22.2. The summed E-state index contributed by atoms with van der Waals surface area (Å²) in [5, 5.41) is 5.73. The fourth-order valence-corrected chi connectivity index (χ4v) is 2.71. The van der Waals surface area contributed by atoms with Gasteiger partial charge in [0.2, 0.25) is 0 Å². The second kappa shape index (κ2) is 10.4. The number of carbonyl (C=O) groups excluding carboxylic acids is 1. The van der Waals surface area contributed by atoms with Crippen molar-refractivity contribution in [2.45, 2.75) is 13.0 Å². The topological polar surface area (TPSA) is 109 Å². The Balaban J connectivity index is 2.39. The van der Waals surface area contributed by atoms with Crippen LogP contribution in [0.1, 0.15) is 22.8 Å². The molecule has 2 rings (SSSR count). The molecule has 1 unspecified atom stereocenters. The van der Waals surface area contributed by atoms with E-state index in [1.165, 1.54) is 19.2 Å². The Morgan fingerprint density at radius 3 is 2.66 bits per heavy atom. The lowest BCUT2D eigenvalue weighted by Gasteiger charge is -2.18. The summed E-state index contributed by atoms with van der Waals surface area (Å²) in [5.74, 6) is -0.780. The van der Waals surface area contributed by atoms with Crippen LogP contribution in [0.4, 0.5) is 10.1 Å². The van der Waals surface area contributed by atoms with Crippen LogP contribution in [0.2, 0.25) is 0 Å². The van der Waals surface area contributed by atoms with Crippen molar-refractivity contribution in [2.24, 2.45) is 5.73 Å². The number of amides is 1. The van der Waals surface area contributed by atoms with Gasteiger partial charge in [0.25, 0.3) is 5.91 Å². The number of carbonyl (C=O) groups is 1. The lowest BCUT2D eigenvalue weighted by atomic mass is 10.1. The molecular weight excluding hydrogens is 375 g/mol. The molecule has 0 saturated heterocycles. The first-order valence-electron chi connectivity index (χ1n) is 9.13. The third-order valence-electron chi connectivity index (χ3n) is 4.02. The Morgan fingerprint density at radius 2 is 2.03 bits per heavy atom.